The molecule has 1 aliphatic heterocycles. The molecule has 0 atom stereocenters. The highest BCUT2D eigenvalue weighted by molar-refractivity contribution is 5.78. The molecule has 2 N–H and O–H groups in total. The minimum absolute atomic E-state index is 0.207. The first-order chi connectivity index (χ1) is 10.7. The number of anilines is 1. The summed E-state index contributed by atoms with van der Waals surface area (Å²) < 4.78 is 19.5. The van der Waals surface area contributed by atoms with Gasteiger partial charge in [-0.2, -0.15) is 0 Å². The highest BCUT2D eigenvalue weighted by atomic mass is 19.1. The number of morpholine rings is 1. The van der Waals surface area contributed by atoms with Gasteiger partial charge < -0.3 is 20.3 Å². The van der Waals surface area contributed by atoms with Crippen LogP contribution in [0.15, 0.2) is 23.2 Å². The molecule has 1 heterocycles. The number of ether oxygens (including phenoxy) is 1. The van der Waals surface area contributed by atoms with Gasteiger partial charge in [0.25, 0.3) is 0 Å². The molecular weight excluding hydrogens is 283 g/mol. The standard InChI is InChI=1S/C16H25FN4O/c1-3-20(4-2)15-6-5-13(11-14(15)17)12-19-16(18)21-7-9-22-10-8-21/h5-6,11H,3-4,7-10,12H2,1-2H3,(H2,18,19). The van der Waals surface area contributed by atoms with Crippen LogP contribution in [0.25, 0.3) is 0 Å². The van der Waals surface area contributed by atoms with Crippen molar-refractivity contribution in [1.82, 2.24) is 4.90 Å². The molecule has 5 nitrogen and oxygen atoms in total. The van der Waals surface area contributed by atoms with Crippen LogP contribution in [-0.2, 0) is 11.3 Å². The first-order valence-electron chi connectivity index (χ1n) is 7.81. The number of aliphatic imine (C=N–C) groups is 1. The Bertz CT molecular complexity index is 511. The van der Waals surface area contributed by atoms with E-state index < -0.39 is 0 Å². The fourth-order valence-corrected chi connectivity index (χ4v) is 2.53. The van der Waals surface area contributed by atoms with Crippen LogP contribution in [0.3, 0.4) is 0 Å². The van der Waals surface area contributed by atoms with E-state index in [1.54, 1.807) is 6.07 Å². The fourth-order valence-electron chi connectivity index (χ4n) is 2.53. The van der Waals surface area contributed by atoms with Crippen molar-refractivity contribution in [1.29, 1.82) is 0 Å². The third-order valence-electron chi connectivity index (χ3n) is 3.87. The van der Waals surface area contributed by atoms with Crippen LogP contribution >= 0.6 is 0 Å². The Kier molecular flexibility index (Phi) is 6.00. The van der Waals surface area contributed by atoms with Crippen LogP contribution in [0.4, 0.5) is 10.1 Å². The SMILES string of the molecule is CCN(CC)c1ccc(CN=C(N)N2CCOCC2)cc1F. The van der Waals surface area contributed by atoms with Crippen molar-refractivity contribution in [3.8, 4) is 0 Å². The zero-order chi connectivity index (χ0) is 15.9. The Morgan fingerprint density at radius 3 is 2.59 bits per heavy atom. The molecule has 0 spiro atoms. The number of hydrogen-bond donors (Lipinski definition) is 1. The van der Waals surface area contributed by atoms with Crippen molar-refractivity contribution in [2.75, 3.05) is 44.3 Å². The van der Waals surface area contributed by atoms with Crippen molar-refractivity contribution in [2.45, 2.75) is 20.4 Å². The average molecular weight is 308 g/mol. The lowest BCUT2D eigenvalue weighted by Crippen LogP contribution is -2.44. The summed E-state index contributed by atoms with van der Waals surface area (Å²) in [4.78, 5) is 8.34. The fraction of sp³-hybridized carbons (Fsp3) is 0.562. The van der Waals surface area contributed by atoms with Gasteiger partial charge in [0.1, 0.15) is 5.82 Å². The second-order valence-electron chi connectivity index (χ2n) is 5.23. The van der Waals surface area contributed by atoms with Gasteiger partial charge in [-0.25, -0.2) is 9.38 Å². The van der Waals surface area contributed by atoms with E-state index in [1.807, 2.05) is 35.8 Å². The van der Waals surface area contributed by atoms with Gasteiger partial charge in [0, 0.05) is 26.2 Å². The quantitative estimate of drug-likeness (QED) is 0.666. The van der Waals surface area contributed by atoms with Crippen LogP contribution < -0.4 is 10.6 Å². The summed E-state index contributed by atoms with van der Waals surface area (Å²) in [6.07, 6.45) is 0. The van der Waals surface area contributed by atoms with E-state index in [2.05, 4.69) is 4.99 Å². The first kappa shape index (κ1) is 16.5. The largest absolute Gasteiger partial charge is 0.378 e. The van der Waals surface area contributed by atoms with Gasteiger partial charge in [-0.05, 0) is 31.5 Å². The minimum Gasteiger partial charge on any atom is -0.378 e. The second kappa shape index (κ2) is 7.98. The first-order valence-corrected chi connectivity index (χ1v) is 7.81. The van der Waals surface area contributed by atoms with E-state index in [-0.39, 0.29) is 5.82 Å². The summed E-state index contributed by atoms with van der Waals surface area (Å²) >= 11 is 0. The molecule has 2 rings (SSSR count). The van der Waals surface area contributed by atoms with E-state index in [9.17, 15) is 4.39 Å². The number of hydrogen-bond acceptors (Lipinski definition) is 3. The van der Waals surface area contributed by atoms with Crippen LogP contribution in [0, 0.1) is 5.82 Å². The van der Waals surface area contributed by atoms with Gasteiger partial charge in [0.05, 0.1) is 25.4 Å². The van der Waals surface area contributed by atoms with Crippen molar-refractivity contribution in [3.63, 3.8) is 0 Å². The molecule has 1 saturated heterocycles. The number of benzene rings is 1. The lowest BCUT2D eigenvalue weighted by molar-refractivity contribution is 0.0674. The molecule has 0 aliphatic carbocycles. The number of halogens is 1. The average Bonchev–Trinajstić information content (AvgIpc) is 2.56. The maximum Gasteiger partial charge on any atom is 0.191 e. The number of guanidine groups is 1. The predicted molar refractivity (Wildman–Crippen MR) is 87.7 cm³/mol. The molecular formula is C16H25FN4O. The Labute approximate surface area is 131 Å². The van der Waals surface area contributed by atoms with Gasteiger partial charge in [0.15, 0.2) is 5.96 Å². The Balaban J connectivity index is 2.02. The topological polar surface area (TPSA) is 54.1 Å². The van der Waals surface area contributed by atoms with E-state index >= 15 is 0 Å². The van der Waals surface area contributed by atoms with Crippen molar-refractivity contribution < 1.29 is 9.13 Å². The lowest BCUT2D eigenvalue weighted by atomic mass is 10.2. The third-order valence-corrected chi connectivity index (χ3v) is 3.87. The van der Waals surface area contributed by atoms with Crippen LogP contribution in [0.2, 0.25) is 0 Å². The number of nitrogens with two attached hydrogens (primary N) is 1. The molecule has 0 unspecified atom stereocenters. The summed E-state index contributed by atoms with van der Waals surface area (Å²) in [5.41, 5.74) is 7.44. The molecule has 1 fully saturated rings. The minimum atomic E-state index is -0.207. The molecule has 22 heavy (non-hydrogen) atoms. The maximum absolute atomic E-state index is 14.2. The van der Waals surface area contributed by atoms with E-state index in [0.29, 0.717) is 31.4 Å². The van der Waals surface area contributed by atoms with Gasteiger partial charge in [-0.1, -0.05) is 6.07 Å². The lowest BCUT2D eigenvalue weighted by Gasteiger charge is -2.27. The molecule has 122 valence electrons. The summed E-state index contributed by atoms with van der Waals surface area (Å²) in [6, 6.07) is 5.27. The van der Waals surface area contributed by atoms with Gasteiger partial charge >= 0.3 is 0 Å². The van der Waals surface area contributed by atoms with E-state index in [0.717, 1.165) is 31.7 Å². The van der Waals surface area contributed by atoms with Crippen LogP contribution in [0.5, 0.6) is 0 Å². The second-order valence-corrected chi connectivity index (χ2v) is 5.23. The zero-order valence-electron chi connectivity index (χ0n) is 13.4. The molecule has 1 aromatic carbocycles. The molecule has 0 saturated carbocycles. The van der Waals surface area contributed by atoms with E-state index in [4.69, 9.17) is 10.5 Å². The van der Waals surface area contributed by atoms with Crippen LogP contribution in [-0.4, -0.2) is 50.3 Å². The summed E-state index contributed by atoms with van der Waals surface area (Å²) in [6.45, 7) is 8.85. The third kappa shape index (κ3) is 4.10. The van der Waals surface area contributed by atoms with Crippen LogP contribution in [0.1, 0.15) is 19.4 Å². The smallest absolute Gasteiger partial charge is 0.191 e. The molecule has 6 heteroatoms. The Hall–Kier alpha value is -1.82. The van der Waals surface area contributed by atoms with Crippen molar-refractivity contribution >= 4 is 11.6 Å². The highest BCUT2D eigenvalue weighted by Gasteiger charge is 2.12. The molecule has 0 radical (unpaired) electrons. The molecule has 0 aromatic heterocycles. The van der Waals surface area contributed by atoms with E-state index in [1.165, 1.54) is 0 Å². The molecule has 1 aliphatic rings. The number of rotatable bonds is 5. The summed E-state index contributed by atoms with van der Waals surface area (Å²) in [7, 11) is 0. The van der Waals surface area contributed by atoms with Crippen molar-refractivity contribution in [3.05, 3.63) is 29.6 Å². The normalized spacial score (nSPS) is 16.0. The molecule has 0 bridgehead atoms. The maximum atomic E-state index is 14.2. The summed E-state index contributed by atoms with van der Waals surface area (Å²) in [5.74, 6) is 0.290. The Morgan fingerprint density at radius 1 is 1.32 bits per heavy atom. The zero-order valence-corrected chi connectivity index (χ0v) is 13.4. The molecule has 1 aromatic rings. The number of nitrogens with zero attached hydrogens (tertiary/aromatic N) is 3. The van der Waals surface area contributed by atoms with Gasteiger partial charge in [0.2, 0.25) is 0 Å². The van der Waals surface area contributed by atoms with Gasteiger partial charge in [-0.3, -0.25) is 0 Å². The van der Waals surface area contributed by atoms with Crippen molar-refractivity contribution in [2.24, 2.45) is 10.7 Å². The van der Waals surface area contributed by atoms with Gasteiger partial charge in [-0.15, -0.1) is 0 Å². The Morgan fingerprint density at radius 2 is 2.00 bits per heavy atom. The monoisotopic (exact) mass is 308 g/mol. The summed E-state index contributed by atoms with van der Waals surface area (Å²) in [5, 5.41) is 0. The predicted octanol–water partition coefficient (Wildman–Crippen LogP) is 1.82. The highest BCUT2D eigenvalue weighted by Crippen LogP contribution is 2.20. The molecule has 0 amide bonds.